The number of carbonyl (C=O) groups excluding carboxylic acids is 3. The molecular weight excluding hydrogens is 616 g/mol. The van der Waals surface area contributed by atoms with Crippen molar-refractivity contribution >= 4 is 23.6 Å². The van der Waals surface area contributed by atoms with Crippen LogP contribution in [0.5, 0.6) is 11.5 Å². The Bertz CT molecular complexity index is 2030. The van der Waals surface area contributed by atoms with Crippen molar-refractivity contribution in [1.82, 2.24) is 14.8 Å². The largest absolute Gasteiger partial charge is 0.508 e. The van der Waals surface area contributed by atoms with Crippen molar-refractivity contribution in [3.8, 4) is 22.8 Å². The molecular formula is C40H40N4O5. The smallest absolute Gasteiger partial charge is 0.412 e. The molecule has 5 aromatic rings. The van der Waals surface area contributed by atoms with Crippen molar-refractivity contribution in [2.75, 3.05) is 11.9 Å². The molecule has 0 unspecified atom stereocenters. The first-order valence-electron chi connectivity index (χ1n) is 16.3. The summed E-state index contributed by atoms with van der Waals surface area (Å²) in [4.78, 5) is 44.4. The maximum absolute atomic E-state index is 14.5. The number of phenolic OH excluding ortho intramolecular Hbond substituents is 1. The normalized spacial score (nSPS) is 13.8. The third kappa shape index (κ3) is 6.92. The van der Waals surface area contributed by atoms with Gasteiger partial charge in [-0.1, -0.05) is 54.1 Å². The van der Waals surface area contributed by atoms with E-state index in [9.17, 15) is 19.5 Å². The Labute approximate surface area is 286 Å². The molecule has 0 bridgehead atoms. The molecule has 2 N–H and O–H groups in total. The van der Waals surface area contributed by atoms with E-state index in [-0.39, 0.29) is 30.2 Å². The van der Waals surface area contributed by atoms with Crippen molar-refractivity contribution in [2.24, 2.45) is 7.05 Å². The summed E-state index contributed by atoms with van der Waals surface area (Å²) in [5.74, 6) is 0.212. The van der Waals surface area contributed by atoms with E-state index in [0.717, 1.165) is 28.8 Å². The average molecular weight is 657 g/mol. The third-order valence-electron chi connectivity index (χ3n) is 9.33. The highest BCUT2D eigenvalue weighted by Gasteiger charge is 2.30. The topological polar surface area (TPSA) is 104 Å². The number of nitrogens with one attached hydrogen (secondary N) is 1. The summed E-state index contributed by atoms with van der Waals surface area (Å²) in [5, 5.41) is 12.5. The van der Waals surface area contributed by atoms with E-state index in [1.807, 2.05) is 78.9 Å². The van der Waals surface area contributed by atoms with Gasteiger partial charge in [0, 0.05) is 61.4 Å². The fourth-order valence-corrected chi connectivity index (χ4v) is 6.28. The number of phenols is 1. The minimum Gasteiger partial charge on any atom is -0.508 e. The Morgan fingerprint density at radius 3 is 2.31 bits per heavy atom. The molecule has 0 saturated heterocycles. The summed E-state index contributed by atoms with van der Waals surface area (Å²) in [5.41, 5.74) is 7.90. The van der Waals surface area contributed by atoms with Gasteiger partial charge in [0.2, 0.25) is 0 Å². The quantitative estimate of drug-likeness (QED) is 0.193. The van der Waals surface area contributed by atoms with Crippen LogP contribution in [0.3, 0.4) is 0 Å². The van der Waals surface area contributed by atoms with Crippen LogP contribution >= 0.6 is 0 Å². The second-order valence-electron chi connectivity index (χ2n) is 12.7. The lowest BCUT2D eigenvalue weighted by atomic mass is 9.93. The number of fused-ring (bicyclic) bond motifs is 1. The van der Waals surface area contributed by atoms with Gasteiger partial charge in [-0.3, -0.25) is 9.59 Å². The molecule has 9 heteroatoms. The number of hydrogen-bond acceptors (Lipinski definition) is 5. The number of amides is 3. The van der Waals surface area contributed by atoms with E-state index < -0.39 is 6.09 Å². The lowest BCUT2D eigenvalue weighted by Gasteiger charge is -2.35. The van der Waals surface area contributed by atoms with Crippen LogP contribution < -0.4 is 15.0 Å². The highest BCUT2D eigenvalue weighted by atomic mass is 16.6. The minimum absolute atomic E-state index is 0.0345. The standard InChI is InChI=1S/C40H40N4O5/c1-25-10-17-33(18-11-25)49-40(48)41-23-28-12-19-34(36(21-28)39(47)44-24-30-9-7-6-8-29(30)20-26(44)2)37-22-35(27(3)42(37)4)38(46)43(5)31-13-15-32(45)16-14-31/h6-19,21-22,26,45H,20,23-24H2,1-5H3,(H,41,48)/t26-/m1/s1. The molecule has 0 radical (unpaired) electrons. The second-order valence-corrected chi connectivity index (χ2v) is 12.7. The molecule has 1 aliphatic heterocycles. The number of anilines is 1. The number of aromatic hydroxyl groups is 1. The maximum atomic E-state index is 14.5. The summed E-state index contributed by atoms with van der Waals surface area (Å²) < 4.78 is 7.37. The van der Waals surface area contributed by atoms with E-state index in [4.69, 9.17) is 4.74 Å². The van der Waals surface area contributed by atoms with Gasteiger partial charge < -0.3 is 29.5 Å². The van der Waals surface area contributed by atoms with Gasteiger partial charge in [0.05, 0.1) is 5.56 Å². The highest BCUT2D eigenvalue weighted by Crippen LogP contribution is 2.33. The number of ether oxygens (including phenoxy) is 1. The average Bonchev–Trinajstić information content (AvgIpc) is 3.40. The van der Waals surface area contributed by atoms with Crippen molar-refractivity contribution in [1.29, 1.82) is 0 Å². The van der Waals surface area contributed by atoms with E-state index in [1.54, 1.807) is 43.4 Å². The molecule has 0 saturated carbocycles. The summed E-state index contributed by atoms with van der Waals surface area (Å²) in [7, 11) is 3.57. The van der Waals surface area contributed by atoms with Gasteiger partial charge in [0.1, 0.15) is 11.5 Å². The molecule has 1 atom stereocenters. The van der Waals surface area contributed by atoms with Crippen molar-refractivity contribution in [3.05, 3.63) is 136 Å². The molecule has 0 fully saturated rings. The predicted octanol–water partition coefficient (Wildman–Crippen LogP) is 7.17. The molecule has 0 spiro atoms. The second kappa shape index (κ2) is 13.7. The van der Waals surface area contributed by atoms with E-state index >= 15 is 0 Å². The number of hydrogen-bond donors (Lipinski definition) is 2. The predicted molar refractivity (Wildman–Crippen MR) is 190 cm³/mol. The van der Waals surface area contributed by atoms with E-state index in [2.05, 4.69) is 24.4 Å². The van der Waals surface area contributed by atoms with Crippen molar-refractivity contribution in [3.63, 3.8) is 0 Å². The maximum Gasteiger partial charge on any atom is 0.412 e. The third-order valence-corrected chi connectivity index (χ3v) is 9.33. The fourth-order valence-electron chi connectivity index (χ4n) is 6.28. The Morgan fingerprint density at radius 1 is 0.898 bits per heavy atom. The zero-order chi connectivity index (χ0) is 34.8. The number of nitrogens with zero attached hydrogens (tertiary/aromatic N) is 3. The number of aryl methyl sites for hydroxylation is 1. The van der Waals surface area contributed by atoms with E-state index in [1.165, 1.54) is 10.5 Å². The Kier molecular flexibility index (Phi) is 9.27. The van der Waals surface area contributed by atoms with Gasteiger partial charge in [-0.15, -0.1) is 0 Å². The lowest BCUT2D eigenvalue weighted by molar-refractivity contribution is 0.0658. The van der Waals surface area contributed by atoms with E-state index in [0.29, 0.717) is 40.4 Å². The van der Waals surface area contributed by atoms with Crippen LogP contribution in [-0.4, -0.2) is 45.6 Å². The molecule has 4 aromatic carbocycles. The van der Waals surface area contributed by atoms with Crippen molar-refractivity contribution in [2.45, 2.75) is 46.3 Å². The van der Waals surface area contributed by atoms with Gasteiger partial charge in [0.25, 0.3) is 11.8 Å². The van der Waals surface area contributed by atoms with Crippen LogP contribution in [-0.2, 0) is 26.6 Å². The van der Waals surface area contributed by atoms with Crippen LogP contribution in [0.25, 0.3) is 11.3 Å². The summed E-state index contributed by atoms with van der Waals surface area (Å²) in [6, 6.07) is 29.2. The Morgan fingerprint density at radius 2 is 1.59 bits per heavy atom. The van der Waals surface area contributed by atoms with Crippen LogP contribution in [0.15, 0.2) is 97.1 Å². The monoisotopic (exact) mass is 656 g/mol. The number of benzene rings is 4. The van der Waals surface area contributed by atoms with Gasteiger partial charge in [0.15, 0.2) is 0 Å². The Balaban J connectivity index is 1.33. The first kappa shape index (κ1) is 33.1. The first-order valence-corrected chi connectivity index (χ1v) is 16.3. The minimum atomic E-state index is -0.596. The molecule has 0 aliphatic carbocycles. The molecule has 1 aromatic heterocycles. The Hall–Kier alpha value is -5.83. The van der Waals surface area contributed by atoms with Crippen LogP contribution in [0, 0.1) is 13.8 Å². The molecule has 6 rings (SSSR count). The molecule has 2 heterocycles. The zero-order valence-corrected chi connectivity index (χ0v) is 28.4. The summed E-state index contributed by atoms with van der Waals surface area (Å²) >= 11 is 0. The van der Waals surface area contributed by atoms with Gasteiger partial charge in [-0.05, 0) is 92.4 Å². The zero-order valence-electron chi connectivity index (χ0n) is 28.4. The lowest BCUT2D eigenvalue weighted by Crippen LogP contribution is -2.42. The van der Waals surface area contributed by atoms with Crippen molar-refractivity contribution < 1.29 is 24.2 Å². The molecule has 9 nitrogen and oxygen atoms in total. The first-order chi connectivity index (χ1) is 23.5. The molecule has 250 valence electrons. The van der Waals surface area contributed by atoms with Crippen LogP contribution in [0.1, 0.15) is 55.6 Å². The summed E-state index contributed by atoms with van der Waals surface area (Å²) in [6.07, 6.45) is 0.149. The fraction of sp³-hybridized carbons (Fsp3) is 0.225. The number of rotatable bonds is 7. The number of aromatic nitrogens is 1. The van der Waals surface area contributed by atoms with Gasteiger partial charge in [-0.25, -0.2) is 4.79 Å². The SMILES string of the molecule is Cc1ccc(OC(=O)NCc2ccc(-c3cc(C(=O)N(C)c4ccc(O)cc4)c(C)n3C)c(C(=O)N3Cc4ccccc4C[C@H]3C)c2)cc1. The van der Waals surface area contributed by atoms with Crippen LogP contribution in [0.4, 0.5) is 10.5 Å². The molecule has 49 heavy (non-hydrogen) atoms. The molecule has 3 amide bonds. The molecule has 1 aliphatic rings. The number of carbonyl (C=O) groups is 3. The highest BCUT2D eigenvalue weighted by molar-refractivity contribution is 6.08. The van der Waals surface area contributed by atoms with Crippen LogP contribution in [0.2, 0.25) is 0 Å². The summed E-state index contributed by atoms with van der Waals surface area (Å²) in [6.45, 7) is 6.53. The van der Waals surface area contributed by atoms with Gasteiger partial charge >= 0.3 is 6.09 Å². The van der Waals surface area contributed by atoms with Gasteiger partial charge in [-0.2, -0.15) is 0 Å².